The normalized spacial score (nSPS) is 13.2. The summed E-state index contributed by atoms with van der Waals surface area (Å²) in [4.78, 5) is 11.5. The largest absolute Gasteiger partial charge is 0.469 e. The minimum Gasteiger partial charge on any atom is -0.469 e. The Labute approximate surface area is 127 Å². The first kappa shape index (κ1) is 16.9. The maximum Gasteiger partial charge on any atom is 0.309 e. The average Bonchev–Trinajstić information content (AvgIpc) is 2.36. The van der Waals surface area contributed by atoms with Crippen LogP contribution in [-0.4, -0.2) is 39.4 Å². The zero-order chi connectivity index (χ0) is 15.5. The van der Waals surface area contributed by atoms with E-state index in [-0.39, 0.29) is 11.4 Å². The number of esters is 1. The SMILES string of the molecule is COC(=O)C(C)CN(C)S(=O)(=O)c1ccc(N)cc1Br. The van der Waals surface area contributed by atoms with Crippen molar-refractivity contribution < 1.29 is 17.9 Å². The van der Waals surface area contributed by atoms with Gasteiger partial charge in [-0.15, -0.1) is 0 Å². The highest BCUT2D eigenvalue weighted by molar-refractivity contribution is 9.10. The molecule has 1 aromatic carbocycles. The number of hydrogen-bond acceptors (Lipinski definition) is 5. The van der Waals surface area contributed by atoms with Crippen LogP contribution in [0.25, 0.3) is 0 Å². The number of halogens is 1. The molecule has 1 unspecified atom stereocenters. The first-order valence-electron chi connectivity index (χ1n) is 5.79. The molecule has 0 radical (unpaired) electrons. The Hall–Kier alpha value is -1.12. The number of benzene rings is 1. The van der Waals surface area contributed by atoms with E-state index in [0.717, 1.165) is 4.31 Å². The van der Waals surface area contributed by atoms with Crippen molar-refractivity contribution in [1.82, 2.24) is 4.31 Å². The van der Waals surface area contributed by atoms with Gasteiger partial charge in [-0.1, -0.05) is 6.92 Å². The molecule has 1 aromatic rings. The molecule has 0 heterocycles. The van der Waals surface area contributed by atoms with E-state index in [9.17, 15) is 13.2 Å². The van der Waals surface area contributed by atoms with Crippen LogP contribution < -0.4 is 5.73 Å². The van der Waals surface area contributed by atoms with Crippen molar-refractivity contribution in [3.05, 3.63) is 22.7 Å². The molecule has 0 saturated heterocycles. The van der Waals surface area contributed by atoms with Crippen molar-refractivity contribution in [3.63, 3.8) is 0 Å². The van der Waals surface area contributed by atoms with Crippen LogP contribution in [0.2, 0.25) is 0 Å². The van der Waals surface area contributed by atoms with Crippen LogP contribution in [0.4, 0.5) is 5.69 Å². The summed E-state index contributed by atoms with van der Waals surface area (Å²) in [5, 5.41) is 0. The third-order valence-electron chi connectivity index (χ3n) is 2.78. The molecule has 0 saturated carbocycles. The van der Waals surface area contributed by atoms with Crippen molar-refractivity contribution in [1.29, 1.82) is 0 Å². The topological polar surface area (TPSA) is 89.7 Å². The summed E-state index contributed by atoms with van der Waals surface area (Å²) in [6.07, 6.45) is 0. The van der Waals surface area contributed by atoms with E-state index in [1.165, 1.54) is 32.4 Å². The number of nitrogens with zero attached hydrogens (tertiary/aromatic N) is 1. The third-order valence-corrected chi connectivity index (χ3v) is 5.58. The summed E-state index contributed by atoms with van der Waals surface area (Å²) in [5.74, 6) is -1.00. The second-order valence-electron chi connectivity index (χ2n) is 4.40. The second kappa shape index (κ2) is 6.55. The smallest absolute Gasteiger partial charge is 0.309 e. The van der Waals surface area contributed by atoms with Gasteiger partial charge in [-0.3, -0.25) is 4.79 Å². The minimum atomic E-state index is -3.70. The lowest BCUT2D eigenvalue weighted by Gasteiger charge is -2.20. The first-order chi connectivity index (χ1) is 9.20. The van der Waals surface area contributed by atoms with Crippen molar-refractivity contribution >= 4 is 37.6 Å². The number of carbonyl (C=O) groups is 1. The molecule has 0 aliphatic carbocycles. The van der Waals surface area contributed by atoms with E-state index in [1.54, 1.807) is 6.92 Å². The molecule has 20 heavy (non-hydrogen) atoms. The van der Waals surface area contributed by atoms with Gasteiger partial charge in [0.25, 0.3) is 0 Å². The Morgan fingerprint density at radius 2 is 2.10 bits per heavy atom. The number of nitrogen functional groups attached to an aromatic ring is 1. The van der Waals surface area contributed by atoms with E-state index in [2.05, 4.69) is 20.7 Å². The quantitative estimate of drug-likeness (QED) is 0.630. The fraction of sp³-hybridized carbons (Fsp3) is 0.417. The van der Waals surface area contributed by atoms with Crippen LogP contribution in [0.15, 0.2) is 27.6 Å². The zero-order valence-electron chi connectivity index (χ0n) is 11.5. The number of anilines is 1. The maximum atomic E-state index is 12.4. The van der Waals surface area contributed by atoms with Gasteiger partial charge < -0.3 is 10.5 Å². The molecule has 112 valence electrons. The van der Waals surface area contributed by atoms with E-state index < -0.39 is 21.9 Å². The molecule has 2 N–H and O–H groups in total. The Kier molecular flexibility index (Phi) is 5.55. The maximum absolute atomic E-state index is 12.4. The highest BCUT2D eigenvalue weighted by Gasteiger charge is 2.27. The molecule has 8 heteroatoms. The highest BCUT2D eigenvalue weighted by Crippen LogP contribution is 2.26. The van der Waals surface area contributed by atoms with Crippen molar-refractivity contribution in [2.24, 2.45) is 5.92 Å². The van der Waals surface area contributed by atoms with Gasteiger partial charge in [-0.2, -0.15) is 0 Å². The number of nitrogens with two attached hydrogens (primary N) is 1. The summed E-state index contributed by atoms with van der Waals surface area (Å²) in [6, 6.07) is 4.45. The van der Waals surface area contributed by atoms with Gasteiger partial charge in [-0.05, 0) is 34.1 Å². The molecule has 0 aliphatic heterocycles. The lowest BCUT2D eigenvalue weighted by molar-refractivity contribution is -0.144. The summed E-state index contributed by atoms with van der Waals surface area (Å²) >= 11 is 3.18. The van der Waals surface area contributed by atoms with Gasteiger partial charge in [0, 0.05) is 23.8 Å². The molecule has 0 fully saturated rings. The number of hydrogen-bond donors (Lipinski definition) is 1. The molecule has 0 aliphatic rings. The number of methoxy groups -OCH3 is 1. The van der Waals surface area contributed by atoms with Gasteiger partial charge in [-0.25, -0.2) is 12.7 Å². The number of ether oxygens (including phenoxy) is 1. The van der Waals surface area contributed by atoms with E-state index in [4.69, 9.17) is 5.73 Å². The predicted molar refractivity (Wildman–Crippen MR) is 79.6 cm³/mol. The van der Waals surface area contributed by atoms with Gasteiger partial charge >= 0.3 is 5.97 Å². The molecular weight excluding hydrogens is 348 g/mol. The van der Waals surface area contributed by atoms with Crippen LogP contribution in [0.1, 0.15) is 6.92 Å². The van der Waals surface area contributed by atoms with E-state index in [1.807, 2.05) is 0 Å². The number of sulfonamides is 1. The standard InChI is InChI=1S/C12H17BrN2O4S/c1-8(12(16)19-3)7-15(2)20(17,18)11-5-4-9(14)6-10(11)13/h4-6,8H,7,14H2,1-3H3. The molecule has 0 amide bonds. The lowest BCUT2D eigenvalue weighted by Crippen LogP contribution is -2.34. The number of rotatable bonds is 5. The fourth-order valence-electron chi connectivity index (χ4n) is 1.65. The lowest BCUT2D eigenvalue weighted by atomic mass is 10.2. The van der Waals surface area contributed by atoms with E-state index in [0.29, 0.717) is 10.2 Å². The van der Waals surface area contributed by atoms with Gasteiger partial charge in [0.1, 0.15) is 0 Å². The van der Waals surface area contributed by atoms with Crippen LogP contribution in [0, 0.1) is 5.92 Å². The summed E-state index contributed by atoms with van der Waals surface area (Å²) < 4.78 is 30.9. The Balaban J connectivity index is 3.01. The molecular formula is C12H17BrN2O4S. The van der Waals surface area contributed by atoms with Gasteiger partial charge in [0.05, 0.1) is 17.9 Å². The monoisotopic (exact) mass is 364 g/mol. The Bertz CT molecular complexity index is 603. The second-order valence-corrected chi connectivity index (χ2v) is 7.27. The molecule has 0 spiro atoms. The molecule has 1 atom stereocenters. The highest BCUT2D eigenvalue weighted by atomic mass is 79.9. The fourth-order valence-corrected chi connectivity index (χ4v) is 3.96. The summed E-state index contributed by atoms with van der Waals surface area (Å²) in [6.45, 7) is 1.64. The van der Waals surface area contributed by atoms with Gasteiger partial charge in [0.2, 0.25) is 10.0 Å². The third kappa shape index (κ3) is 3.71. The van der Waals surface area contributed by atoms with E-state index >= 15 is 0 Å². The summed E-state index contributed by atoms with van der Waals surface area (Å²) in [5.41, 5.74) is 6.05. The van der Waals surface area contributed by atoms with Crippen LogP contribution in [-0.2, 0) is 19.6 Å². The van der Waals surface area contributed by atoms with Crippen molar-refractivity contribution in [3.8, 4) is 0 Å². The molecule has 1 rings (SSSR count). The average molecular weight is 365 g/mol. The first-order valence-corrected chi connectivity index (χ1v) is 8.02. The van der Waals surface area contributed by atoms with Gasteiger partial charge in [0.15, 0.2) is 0 Å². The Morgan fingerprint density at radius 3 is 2.60 bits per heavy atom. The Morgan fingerprint density at radius 1 is 1.50 bits per heavy atom. The van der Waals surface area contributed by atoms with Crippen LogP contribution in [0.3, 0.4) is 0 Å². The molecule has 6 nitrogen and oxygen atoms in total. The van der Waals surface area contributed by atoms with Crippen molar-refractivity contribution in [2.75, 3.05) is 26.4 Å². The van der Waals surface area contributed by atoms with Crippen LogP contribution >= 0.6 is 15.9 Å². The summed E-state index contributed by atoms with van der Waals surface area (Å²) in [7, 11) is -1.02. The molecule has 0 aromatic heterocycles. The van der Waals surface area contributed by atoms with Crippen molar-refractivity contribution in [2.45, 2.75) is 11.8 Å². The predicted octanol–water partition coefficient (Wildman–Crippen LogP) is 1.46. The molecule has 0 bridgehead atoms. The number of carbonyl (C=O) groups excluding carboxylic acids is 1. The van der Waals surface area contributed by atoms with Crippen LogP contribution in [0.5, 0.6) is 0 Å². The zero-order valence-corrected chi connectivity index (χ0v) is 13.9. The minimum absolute atomic E-state index is 0.0336.